The van der Waals surface area contributed by atoms with Gasteiger partial charge in [0.1, 0.15) is 6.10 Å². The van der Waals surface area contributed by atoms with Crippen molar-refractivity contribution in [2.45, 2.75) is 63.6 Å². The van der Waals surface area contributed by atoms with Gasteiger partial charge in [0.05, 0.1) is 18.8 Å². The molecule has 0 bridgehead atoms. The predicted octanol–water partition coefficient (Wildman–Crippen LogP) is 0.958. The summed E-state index contributed by atoms with van der Waals surface area (Å²) in [7, 11) is 0. The number of halogens is 3. The number of hydrazine groups is 1. The van der Waals surface area contributed by atoms with Crippen molar-refractivity contribution in [2.24, 2.45) is 5.92 Å². The van der Waals surface area contributed by atoms with Gasteiger partial charge in [0, 0.05) is 51.0 Å². The summed E-state index contributed by atoms with van der Waals surface area (Å²) >= 11 is 0. The van der Waals surface area contributed by atoms with E-state index in [1.807, 2.05) is 17.2 Å². The maximum absolute atomic E-state index is 13.3. The van der Waals surface area contributed by atoms with Crippen LogP contribution >= 0.6 is 0 Å². The van der Waals surface area contributed by atoms with Crippen LogP contribution in [-0.4, -0.2) is 90.0 Å². The number of piperidine rings is 1. The number of hydrogen-bond donors (Lipinski definition) is 2. The minimum Gasteiger partial charge on any atom is -0.370 e. The molecule has 1 aromatic rings. The average molecular weight is 501 g/mol. The van der Waals surface area contributed by atoms with Gasteiger partial charge in [-0.2, -0.15) is 13.2 Å². The molecule has 3 aliphatic heterocycles. The summed E-state index contributed by atoms with van der Waals surface area (Å²) in [6.07, 6.45) is -1.79. The molecule has 10 nitrogen and oxygen atoms in total. The zero-order valence-corrected chi connectivity index (χ0v) is 19.8. The highest BCUT2D eigenvalue weighted by Crippen LogP contribution is 2.32. The summed E-state index contributed by atoms with van der Waals surface area (Å²) in [5.74, 6) is -2.85. The Kier molecular flexibility index (Phi) is 7.77. The molecule has 194 valence electrons. The Hall–Kier alpha value is -2.51. The number of ether oxygens (including phenoxy) is 2. The lowest BCUT2D eigenvalue weighted by atomic mass is 9.99. The number of rotatable bonds is 7. The Morgan fingerprint density at radius 2 is 1.83 bits per heavy atom. The summed E-state index contributed by atoms with van der Waals surface area (Å²) in [4.78, 5) is 37.3. The molecule has 3 aliphatic rings. The van der Waals surface area contributed by atoms with Crippen molar-refractivity contribution in [3.63, 3.8) is 0 Å². The van der Waals surface area contributed by atoms with Crippen molar-refractivity contribution in [2.75, 3.05) is 37.7 Å². The van der Waals surface area contributed by atoms with E-state index < -0.39 is 36.3 Å². The smallest absolute Gasteiger partial charge is 0.370 e. The van der Waals surface area contributed by atoms with Crippen molar-refractivity contribution < 1.29 is 32.2 Å². The number of aryl methyl sites for hydroxylation is 1. The standard InChI is InChI=1S/C22H31F3N6O4/c1-13-9-26-21(27-10-13)30-6-3-15(4-7-30)31-8-5-16(20(31)33)34-12-14(2)35-17-11-28-29-19(32)18(17)22(23,24)25/h9-10,14-18,28H,3-8,11-12H2,1-2H3,(H,29,32)/t14-,16-,17?,18?/m0/s1. The van der Waals surface area contributed by atoms with Crippen LogP contribution in [0.25, 0.3) is 0 Å². The van der Waals surface area contributed by atoms with Crippen molar-refractivity contribution in [3.05, 3.63) is 18.0 Å². The Bertz CT molecular complexity index is 894. The number of carbonyl (C=O) groups is 2. The molecule has 2 amide bonds. The van der Waals surface area contributed by atoms with Gasteiger partial charge in [0.15, 0.2) is 5.92 Å². The van der Waals surface area contributed by atoms with Crippen LogP contribution in [0.4, 0.5) is 19.1 Å². The average Bonchev–Trinajstić information content (AvgIpc) is 3.18. The van der Waals surface area contributed by atoms with Crippen molar-refractivity contribution in [1.29, 1.82) is 0 Å². The number of alkyl halides is 3. The van der Waals surface area contributed by atoms with Crippen molar-refractivity contribution in [1.82, 2.24) is 25.7 Å². The summed E-state index contributed by atoms with van der Waals surface area (Å²) in [6, 6.07) is 0.103. The van der Waals surface area contributed by atoms with Gasteiger partial charge < -0.3 is 19.3 Å². The molecule has 0 saturated carbocycles. The third-order valence-corrected chi connectivity index (χ3v) is 6.61. The zero-order chi connectivity index (χ0) is 25.2. The maximum Gasteiger partial charge on any atom is 0.403 e. The van der Waals surface area contributed by atoms with Gasteiger partial charge in [-0.05, 0) is 32.3 Å². The van der Waals surface area contributed by atoms with E-state index in [0.717, 1.165) is 31.5 Å². The molecule has 4 rings (SSSR count). The monoisotopic (exact) mass is 500 g/mol. The van der Waals surface area contributed by atoms with E-state index in [2.05, 4.69) is 20.3 Å². The van der Waals surface area contributed by atoms with E-state index in [0.29, 0.717) is 18.9 Å². The molecule has 4 atom stereocenters. The number of hydrogen-bond acceptors (Lipinski definition) is 8. The van der Waals surface area contributed by atoms with Crippen LogP contribution in [0.1, 0.15) is 31.7 Å². The molecular formula is C22H31F3N6O4. The first-order chi connectivity index (χ1) is 16.6. The number of nitrogens with one attached hydrogen (secondary N) is 2. The van der Waals surface area contributed by atoms with Crippen LogP contribution in [0.15, 0.2) is 12.4 Å². The lowest BCUT2D eigenvalue weighted by Crippen LogP contribution is -2.60. The van der Waals surface area contributed by atoms with Crippen LogP contribution in [0.3, 0.4) is 0 Å². The number of anilines is 1. The van der Waals surface area contributed by atoms with Gasteiger partial charge in [-0.15, -0.1) is 0 Å². The van der Waals surface area contributed by atoms with E-state index in [1.165, 1.54) is 0 Å². The van der Waals surface area contributed by atoms with Crippen molar-refractivity contribution in [3.8, 4) is 0 Å². The van der Waals surface area contributed by atoms with E-state index >= 15 is 0 Å². The fraction of sp³-hybridized carbons (Fsp3) is 0.727. The highest BCUT2D eigenvalue weighted by atomic mass is 19.4. The first-order valence-corrected chi connectivity index (χ1v) is 11.8. The van der Waals surface area contributed by atoms with E-state index in [1.54, 1.807) is 19.3 Å². The zero-order valence-electron chi connectivity index (χ0n) is 19.8. The summed E-state index contributed by atoms with van der Waals surface area (Å²) in [5, 5.41) is 0. The number of likely N-dealkylation sites (tertiary alicyclic amines) is 1. The second-order valence-electron chi connectivity index (χ2n) is 9.30. The quantitative estimate of drug-likeness (QED) is 0.570. The van der Waals surface area contributed by atoms with Gasteiger partial charge in [-0.3, -0.25) is 15.0 Å². The molecule has 35 heavy (non-hydrogen) atoms. The Labute approximate surface area is 201 Å². The second-order valence-corrected chi connectivity index (χ2v) is 9.30. The van der Waals surface area contributed by atoms with Gasteiger partial charge in [0.25, 0.3) is 5.91 Å². The van der Waals surface area contributed by atoms with Crippen LogP contribution in [0.2, 0.25) is 0 Å². The van der Waals surface area contributed by atoms with Crippen LogP contribution in [0, 0.1) is 12.8 Å². The Morgan fingerprint density at radius 3 is 2.49 bits per heavy atom. The van der Waals surface area contributed by atoms with Gasteiger partial charge in [-0.25, -0.2) is 15.4 Å². The normalized spacial score (nSPS) is 27.3. The second kappa shape index (κ2) is 10.6. The molecule has 0 aromatic carbocycles. The molecule has 0 spiro atoms. The summed E-state index contributed by atoms with van der Waals surface area (Å²) in [6.45, 7) is 5.35. The summed E-state index contributed by atoms with van der Waals surface area (Å²) in [5.41, 5.74) is 5.41. The highest BCUT2D eigenvalue weighted by Gasteiger charge is 2.52. The van der Waals surface area contributed by atoms with Crippen LogP contribution in [-0.2, 0) is 19.1 Å². The number of carbonyl (C=O) groups excluding carboxylic acids is 2. The predicted molar refractivity (Wildman–Crippen MR) is 118 cm³/mol. The third-order valence-electron chi connectivity index (χ3n) is 6.61. The van der Waals surface area contributed by atoms with Gasteiger partial charge in [-0.1, -0.05) is 0 Å². The molecule has 3 fully saturated rings. The number of nitrogens with zero attached hydrogens (tertiary/aromatic N) is 4. The van der Waals surface area contributed by atoms with Crippen molar-refractivity contribution >= 4 is 17.8 Å². The number of aromatic nitrogens is 2. The van der Waals surface area contributed by atoms with Gasteiger partial charge in [0.2, 0.25) is 11.9 Å². The molecule has 2 N–H and O–H groups in total. The van der Waals surface area contributed by atoms with Crippen LogP contribution in [0.5, 0.6) is 0 Å². The molecule has 0 aliphatic carbocycles. The first-order valence-electron chi connectivity index (χ1n) is 11.8. The maximum atomic E-state index is 13.3. The summed E-state index contributed by atoms with van der Waals surface area (Å²) < 4.78 is 51.0. The fourth-order valence-electron chi connectivity index (χ4n) is 4.80. The largest absolute Gasteiger partial charge is 0.403 e. The van der Waals surface area contributed by atoms with E-state index in [9.17, 15) is 22.8 Å². The molecule has 3 saturated heterocycles. The molecule has 0 radical (unpaired) electrons. The molecule has 1 aromatic heterocycles. The molecule has 13 heteroatoms. The lowest BCUT2D eigenvalue weighted by Gasteiger charge is -2.36. The van der Waals surface area contributed by atoms with Crippen LogP contribution < -0.4 is 15.8 Å². The SMILES string of the molecule is Cc1cnc(N2CCC(N3CC[C@H](OC[C@H](C)OC4CNNC(=O)C4C(F)(F)F)C3=O)CC2)nc1. The number of amides is 2. The van der Waals surface area contributed by atoms with E-state index in [-0.39, 0.29) is 25.1 Å². The third kappa shape index (κ3) is 6.01. The molecule has 2 unspecified atom stereocenters. The topological polar surface area (TPSA) is 109 Å². The first kappa shape index (κ1) is 25.6. The van der Waals surface area contributed by atoms with Gasteiger partial charge >= 0.3 is 6.18 Å². The Morgan fingerprint density at radius 1 is 1.14 bits per heavy atom. The minimum atomic E-state index is -4.72. The highest BCUT2D eigenvalue weighted by molar-refractivity contribution is 5.83. The molecule has 4 heterocycles. The lowest BCUT2D eigenvalue weighted by molar-refractivity contribution is -0.220. The fourth-order valence-corrected chi connectivity index (χ4v) is 4.80. The Balaban J connectivity index is 1.23. The van der Waals surface area contributed by atoms with E-state index in [4.69, 9.17) is 9.47 Å². The minimum absolute atomic E-state index is 0.0455. The molecular weight excluding hydrogens is 469 g/mol.